The van der Waals surface area contributed by atoms with E-state index in [0.717, 1.165) is 31.4 Å². The first kappa shape index (κ1) is 18.2. The molecular formula is C17H23N7OS. The van der Waals surface area contributed by atoms with Crippen molar-refractivity contribution in [3.05, 3.63) is 23.3 Å². The first-order valence-corrected chi connectivity index (χ1v) is 9.65. The van der Waals surface area contributed by atoms with Crippen molar-refractivity contribution < 1.29 is 4.79 Å². The van der Waals surface area contributed by atoms with Gasteiger partial charge in [0.05, 0.1) is 12.2 Å². The van der Waals surface area contributed by atoms with Crippen molar-refractivity contribution in [3.8, 4) is 11.5 Å². The lowest BCUT2D eigenvalue weighted by Crippen LogP contribution is -2.30. The summed E-state index contributed by atoms with van der Waals surface area (Å²) in [6.45, 7) is 0.385. The molecule has 0 spiro atoms. The highest BCUT2D eigenvalue weighted by Gasteiger charge is 2.19. The molecular weight excluding hydrogens is 350 g/mol. The van der Waals surface area contributed by atoms with Gasteiger partial charge in [-0.15, -0.1) is 11.3 Å². The summed E-state index contributed by atoms with van der Waals surface area (Å²) < 4.78 is 0. The van der Waals surface area contributed by atoms with Crippen molar-refractivity contribution in [3.63, 3.8) is 0 Å². The van der Waals surface area contributed by atoms with E-state index in [4.69, 9.17) is 11.5 Å². The van der Waals surface area contributed by atoms with Gasteiger partial charge in [0.15, 0.2) is 11.8 Å². The van der Waals surface area contributed by atoms with Gasteiger partial charge in [-0.05, 0) is 18.9 Å². The Kier molecular flexibility index (Phi) is 6.11. The lowest BCUT2D eigenvalue weighted by molar-refractivity contribution is -0.125. The van der Waals surface area contributed by atoms with Crippen LogP contribution in [0.3, 0.4) is 0 Å². The third kappa shape index (κ3) is 4.98. The second kappa shape index (κ2) is 8.70. The third-order valence-corrected chi connectivity index (χ3v) is 5.06. The number of carbonyl (C=O) groups excluding carboxylic acids is 1. The van der Waals surface area contributed by atoms with Gasteiger partial charge in [-0.2, -0.15) is 4.99 Å². The standard InChI is InChI=1S/C17H23N7OS/c18-16(19)24-17-23-13(10-26-17)14-20-8-7-12(22-14)9-21-15(25)11-5-3-1-2-4-6-11/h7-8,10-11H,1-6,9H2,(H,21,25)(H4,18,19,23,24). The average Bonchev–Trinajstić information content (AvgIpc) is 2.91. The van der Waals surface area contributed by atoms with Crippen molar-refractivity contribution in [2.45, 2.75) is 45.1 Å². The zero-order valence-electron chi connectivity index (χ0n) is 14.5. The van der Waals surface area contributed by atoms with Crippen LogP contribution in [0.2, 0.25) is 0 Å². The van der Waals surface area contributed by atoms with Gasteiger partial charge in [0.2, 0.25) is 11.0 Å². The molecule has 1 saturated carbocycles. The van der Waals surface area contributed by atoms with E-state index in [9.17, 15) is 4.79 Å². The minimum atomic E-state index is -0.0400. The molecule has 8 nitrogen and oxygen atoms in total. The second-order valence-corrected chi connectivity index (χ2v) is 7.17. The van der Waals surface area contributed by atoms with Gasteiger partial charge in [0, 0.05) is 17.5 Å². The Morgan fingerprint density at radius 1 is 1.23 bits per heavy atom. The SMILES string of the molecule is NC(N)=Nc1nc(-c2nccc(CNC(=O)C3CCCCCC3)n2)cs1. The number of hydrogen-bond donors (Lipinski definition) is 3. The maximum Gasteiger partial charge on any atom is 0.223 e. The number of thiazole rings is 1. The maximum atomic E-state index is 12.4. The highest BCUT2D eigenvalue weighted by atomic mass is 32.1. The first-order chi connectivity index (χ1) is 12.6. The van der Waals surface area contributed by atoms with Gasteiger partial charge in [-0.1, -0.05) is 25.7 Å². The number of nitrogens with two attached hydrogens (primary N) is 2. The molecule has 1 fully saturated rings. The van der Waals surface area contributed by atoms with E-state index >= 15 is 0 Å². The Labute approximate surface area is 156 Å². The van der Waals surface area contributed by atoms with E-state index < -0.39 is 0 Å². The van der Waals surface area contributed by atoms with Gasteiger partial charge in [-0.3, -0.25) is 4.79 Å². The van der Waals surface area contributed by atoms with Gasteiger partial charge in [-0.25, -0.2) is 15.0 Å². The Balaban J connectivity index is 1.63. The van der Waals surface area contributed by atoms with Crippen LogP contribution in [0.1, 0.15) is 44.2 Å². The summed E-state index contributed by atoms with van der Waals surface area (Å²) in [5, 5.41) is 5.26. The summed E-state index contributed by atoms with van der Waals surface area (Å²) in [4.78, 5) is 29.3. The molecule has 2 aromatic rings. The minimum Gasteiger partial charge on any atom is -0.370 e. The zero-order valence-corrected chi connectivity index (χ0v) is 15.3. The fourth-order valence-electron chi connectivity index (χ4n) is 3.01. The Morgan fingerprint density at radius 3 is 2.73 bits per heavy atom. The smallest absolute Gasteiger partial charge is 0.223 e. The second-order valence-electron chi connectivity index (χ2n) is 6.33. The molecule has 2 aromatic heterocycles. The normalized spacial score (nSPS) is 15.2. The van der Waals surface area contributed by atoms with Crippen LogP contribution in [-0.2, 0) is 11.3 Å². The topological polar surface area (TPSA) is 132 Å². The van der Waals surface area contributed by atoms with Crippen LogP contribution in [-0.4, -0.2) is 26.8 Å². The van der Waals surface area contributed by atoms with E-state index in [-0.39, 0.29) is 17.8 Å². The molecule has 5 N–H and O–H groups in total. The van der Waals surface area contributed by atoms with E-state index in [2.05, 4.69) is 25.3 Å². The Hall–Kier alpha value is -2.55. The Bertz CT molecular complexity index is 777. The fourth-order valence-corrected chi connectivity index (χ4v) is 3.69. The molecule has 9 heteroatoms. The van der Waals surface area contributed by atoms with Gasteiger partial charge >= 0.3 is 0 Å². The monoisotopic (exact) mass is 373 g/mol. The van der Waals surface area contributed by atoms with E-state index in [1.165, 1.54) is 24.2 Å². The van der Waals surface area contributed by atoms with Crippen molar-refractivity contribution in [1.29, 1.82) is 0 Å². The van der Waals surface area contributed by atoms with Crippen molar-refractivity contribution in [1.82, 2.24) is 20.3 Å². The molecule has 0 aromatic carbocycles. The largest absolute Gasteiger partial charge is 0.370 e. The summed E-state index contributed by atoms with van der Waals surface area (Å²) in [5.41, 5.74) is 12.1. The van der Waals surface area contributed by atoms with Crippen molar-refractivity contribution in [2.75, 3.05) is 0 Å². The van der Waals surface area contributed by atoms with Crippen molar-refractivity contribution in [2.24, 2.45) is 22.4 Å². The molecule has 1 amide bonds. The van der Waals surface area contributed by atoms with E-state index in [1.807, 2.05) is 0 Å². The highest BCUT2D eigenvalue weighted by molar-refractivity contribution is 7.13. The van der Waals surface area contributed by atoms with Crippen LogP contribution in [0.25, 0.3) is 11.5 Å². The molecule has 0 atom stereocenters. The predicted octanol–water partition coefficient (Wildman–Crippen LogP) is 2.09. The number of aliphatic imine (C=N–C) groups is 1. The predicted molar refractivity (Wildman–Crippen MR) is 102 cm³/mol. The molecule has 1 aliphatic carbocycles. The maximum absolute atomic E-state index is 12.4. The molecule has 0 radical (unpaired) electrons. The van der Waals surface area contributed by atoms with Gasteiger partial charge < -0.3 is 16.8 Å². The molecule has 1 aliphatic rings. The summed E-state index contributed by atoms with van der Waals surface area (Å²) >= 11 is 1.31. The quantitative estimate of drug-likeness (QED) is 0.418. The number of amides is 1. The van der Waals surface area contributed by atoms with E-state index in [0.29, 0.717) is 23.2 Å². The first-order valence-electron chi connectivity index (χ1n) is 8.77. The number of rotatable bonds is 5. The van der Waals surface area contributed by atoms with Crippen LogP contribution in [0.15, 0.2) is 22.6 Å². The molecule has 0 unspecified atom stereocenters. The Morgan fingerprint density at radius 2 is 2.00 bits per heavy atom. The summed E-state index contributed by atoms with van der Waals surface area (Å²) in [7, 11) is 0. The number of nitrogens with zero attached hydrogens (tertiary/aromatic N) is 4. The lowest BCUT2D eigenvalue weighted by atomic mass is 9.99. The van der Waals surface area contributed by atoms with Gasteiger partial charge in [0.25, 0.3) is 0 Å². The molecule has 3 rings (SSSR count). The van der Waals surface area contributed by atoms with Gasteiger partial charge in [0.1, 0.15) is 5.69 Å². The zero-order chi connectivity index (χ0) is 18.4. The number of guanidine groups is 1. The number of aromatic nitrogens is 3. The van der Waals surface area contributed by atoms with Crippen LogP contribution in [0.5, 0.6) is 0 Å². The van der Waals surface area contributed by atoms with Crippen molar-refractivity contribution >= 4 is 28.3 Å². The number of hydrogen-bond acceptors (Lipinski definition) is 6. The summed E-state index contributed by atoms with van der Waals surface area (Å²) in [6, 6.07) is 1.79. The molecule has 138 valence electrons. The molecule has 0 aliphatic heterocycles. The fraction of sp³-hybridized carbons (Fsp3) is 0.471. The van der Waals surface area contributed by atoms with Crippen LogP contribution < -0.4 is 16.8 Å². The highest BCUT2D eigenvalue weighted by Crippen LogP contribution is 2.25. The molecule has 0 saturated heterocycles. The van der Waals surface area contributed by atoms with Crippen LogP contribution in [0, 0.1) is 5.92 Å². The number of nitrogens with one attached hydrogen (secondary N) is 1. The van der Waals surface area contributed by atoms with Crippen LogP contribution in [0.4, 0.5) is 5.13 Å². The van der Waals surface area contributed by atoms with Crippen LogP contribution >= 0.6 is 11.3 Å². The summed E-state index contributed by atoms with van der Waals surface area (Å²) in [5.74, 6) is 0.691. The average molecular weight is 373 g/mol. The minimum absolute atomic E-state index is 0.0400. The lowest BCUT2D eigenvalue weighted by Gasteiger charge is -2.13. The molecule has 2 heterocycles. The molecule has 26 heavy (non-hydrogen) atoms. The third-order valence-electron chi connectivity index (χ3n) is 4.33. The van der Waals surface area contributed by atoms with E-state index in [1.54, 1.807) is 17.6 Å². The number of carbonyl (C=O) groups is 1. The summed E-state index contributed by atoms with van der Waals surface area (Å²) in [6.07, 6.45) is 8.36. The molecule has 0 bridgehead atoms.